The molecule has 0 aromatic carbocycles. The van der Waals surface area contributed by atoms with Crippen LogP contribution < -0.4 is 0 Å². The van der Waals surface area contributed by atoms with Gasteiger partial charge in [0, 0.05) is 19.6 Å². The fourth-order valence-corrected chi connectivity index (χ4v) is 2.09. The molecule has 10 nitrogen and oxygen atoms in total. The lowest BCUT2D eigenvalue weighted by Crippen LogP contribution is -2.43. The number of carboxylic acid groups (broad SMARTS) is 3. The predicted molar refractivity (Wildman–Crippen MR) is 100.0 cm³/mol. The molecule has 0 heterocycles. The largest absolute Gasteiger partial charge is 0.480 e. The molecule has 0 aromatic rings. The Bertz CT molecular complexity index is 552. The highest BCUT2D eigenvalue weighted by atomic mass is 16.5. The molecule has 0 saturated heterocycles. The Morgan fingerprint density at radius 3 is 1.50 bits per heavy atom. The van der Waals surface area contributed by atoms with E-state index in [4.69, 9.17) is 20.1 Å². The van der Waals surface area contributed by atoms with E-state index in [0.717, 1.165) is 0 Å². The van der Waals surface area contributed by atoms with E-state index in [0.29, 0.717) is 0 Å². The van der Waals surface area contributed by atoms with Gasteiger partial charge in [0.05, 0.1) is 25.0 Å². The van der Waals surface area contributed by atoms with Crippen LogP contribution in [0.25, 0.3) is 0 Å². The highest BCUT2D eigenvalue weighted by molar-refractivity contribution is 5.77. The van der Waals surface area contributed by atoms with Gasteiger partial charge in [0.1, 0.15) is 6.61 Å². The summed E-state index contributed by atoms with van der Waals surface area (Å²) >= 11 is 0. The average Bonchev–Trinajstić information content (AvgIpc) is 2.49. The summed E-state index contributed by atoms with van der Waals surface area (Å²) in [6.45, 7) is 8.31. The molecule has 0 unspecified atom stereocenters. The Kier molecular flexibility index (Phi) is 10.1. The average molecular weight is 404 g/mol. The lowest BCUT2D eigenvalue weighted by atomic mass is 9.69. The van der Waals surface area contributed by atoms with Crippen LogP contribution in [0.1, 0.15) is 34.6 Å². The number of nitrogens with zero attached hydrogens (tertiary/aromatic N) is 2. The zero-order valence-corrected chi connectivity index (χ0v) is 17.2. The fourth-order valence-electron chi connectivity index (χ4n) is 2.09. The van der Waals surface area contributed by atoms with E-state index >= 15 is 0 Å². The maximum Gasteiger partial charge on any atom is 0.317 e. The van der Waals surface area contributed by atoms with Crippen LogP contribution in [-0.2, 0) is 23.9 Å². The summed E-state index contributed by atoms with van der Waals surface area (Å²) in [7, 11) is 0. The highest BCUT2D eigenvalue weighted by Gasteiger charge is 2.41. The molecule has 0 aliphatic carbocycles. The van der Waals surface area contributed by atoms with E-state index in [1.807, 2.05) is 20.8 Å². The molecule has 0 aliphatic rings. The summed E-state index contributed by atoms with van der Waals surface area (Å²) in [5.41, 5.74) is -1.05. The molecule has 0 amide bonds. The second-order valence-electron chi connectivity index (χ2n) is 8.18. The van der Waals surface area contributed by atoms with Crippen LogP contribution in [0.3, 0.4) is 0 Å². The van der Waals surface area contributed by atoms with Crippen molar-refractivity contribution in [1.29, 1.82) is 0 Å². The molecule has 0 rings (SSSR count). The fraction of sp³-hybridized carbons (Fsp3) is 0.778. The summed E-state index contributed by atoms with van der Waals surface area (Å²) in [5, 5.41) is 26.7. The summed E-state index contributed by atoms with van der Waals surface area (Å²) < 4.78 is 5.31. The van der Waals surface area contributed by atoms with Gasteiger partial charge in [-0.3, -0.25) is 29.0 Å². The number of hydrogen-bond donors (Lipinski definition) is 3. The molecule has 0 aliphatic heterocycles. The van der Waals surface area contributed by atoms with Crippen LogP contribution in [0.15, 0.2) is 0 Å². The number of carbonyl (C=O) groups is 4. The summed E-state index contributed by atoms with van der Waals surface area (Å²) in [6, 6.07) is 0. The normalized spacial score (nSPS) is 12.2. The molecule has 0 radical (unpaired) electrons. The first kappa shape index (κ1) is 25.8. The second kappa shape index (κ2) is 11.0. The molecule has 28 heavy (non-hydrogen) atoms. The minimum Gasteiger partial charge on any atom is -0.480 e. The summed E-state index contributed by atoms with van der Waals surface area (Å²) in [6.07, 6.45) is 0. The third-order valence-corrected chi connectivity index (χ3v) is 4.84. The SMILES string of the molecule is CC(C)(C)C(C)(C)C(=O)OCCN(CCN(CC(=O)O)CC(=O)O)CC(=O)O. The molecule has 0 saturated carbocycles. The number of carboxylic acids is 3. The van der Waals surface area contributed by atoms with Crippen molar-refractivity contribution in [2.45, 2.75) is 34.6 Å². The minimum absolute atomic E-state index is 0.0243. The monoisotopic (exact) mass is 404 g/mol. The maximum atomic E-state index is 12.3. The molecular formula is C18H32N2O8. The number of hydrogen-bond acceptors (Lipinski definition) is 7. The molecule has 162 valence electrons. The lowest BCUT2D eigenvalue weighted by Gasteiger charge is -2.36. The molecule has 10 heteroatoms. The van der Waals surface area contributed by atoms with Gasteiger partial charge in [0.2, 0.25) is 0 Å². The molecule has 0 spiro atoms. The number of aliphatic carboxylic acids is 3. The van der Waals surface area contributed by atoms with Crippen molar-refractivity contribution in [3.8, 4) is 0 Å². The molecule has 0 aromatic heterocycles. The summed E-state index contributed by atoms with van der Waals surface area (Å²) in [5.74, 6) is -3.84. The minimum atomic E-state index is -1.18. The molecular weight excluding hydrogens is 372 g/mol. The van der Waals surface area contributed by atoms with E-state index in [9.17, 15) is 19.2 Å². The van der Waals surface area contributed by atoms with Crippen LogP contribution >= 0.6 is 0 Å². The first-order chi connectivity index (χ1) is 12.7. The number of rotatable bonds is 13. The van der Waals surface area contributed by atoms with Gasteiger partial charge in [-0.25, -0.2) is 0 Å². The van der Waals surface area contributed by atoms with Crippen LogP contribution in [-0.4, -0.2) is 94.9 Å². The number of esters is 1. The van der Waals surface area contributed by atoms with Crippen LogP contribution in [0, 0.1) is 10.8 Å². The van der Waals surface area contributed by atoms with Gasteiger partial charge in [-0.1, -0.05) is 20.8 Å². The zero-order chi connectivity index (χ0) is 22.1. The first-order valence-electron chi connectivity index (χ1n) is 8.94. The first-order valence-corrected chi connectivity index (χ1v) is 8.94. The maximum absolute atomic E-state index is 12.3. The molecule has 0 fully saturated rings. The van der Waals surface area contributed by atoms with Crippen molar-refractivity contribution in [3.63, 3.8) is 0 Å². The van der Waals surface area contributed by atoms with Gasteiger partial charge in [0.15, 0.2) is 0 Å². The Hall–Kier alpha value is -2.20. The number of carbonyl (C=O) groups excluding carboxylic acids is 1. The zero-order valence-electron chi connectivity index (χ0n) is 17.2. The van der Waals surface area contributed by atoms with Crippen LogP contribution in [0.4, 0.5) is 0 Å². The van der Waals surface area contributed by atoms with Crippen molar-refractivity contribution in [2.24, 2.45) is 10.8 Å². The third-order valence-electron chi connectivity index (χ3n) is 4.84. The standard InChI is InChI=1S/C18H32N2O8/c1-17(2,3)18(4,5)16(27)28-9-8-19(10-13(21)22)6-7-20(11-14(23)24)12-15(25)26/h6-12H2,1-5H3,(H,21,22)(H,23,24)(H,25,26). The van der Waals surface area contributed by atoms with Crippen molar-refractivity contribution in [1.82, 2.24) is 9.80 Å². The van der Waals surface area contributed by atoms with Crippen LogP contribution in [0.2, 0.25) is 0 Å². The predicted octanol–water partition coefficient (Wildman–Crippen LogP) is 0.460. The van der Waals surface area contributed by atoms with Crippen molar-refractivity contribution < 1.29 is 39.2 Å². The van der Waals surface area contributed by atoms with E-state index < -0.39 is 42.4 Å². The van der Waals surface area contributed by atoms with Gasteiger partial charge >= 0.3 is 23.9 Å². The topological polar surface area (TPSA) is 145 Å². The Balaban J connectivity index is 4.78. The van der Waals surface area contributed by atoms with E-state index in [1.165, 1.54) is 9.80 Å². The van der Waals surface area contributed by atoms with Crippen molar-refractivity contribution in [3.05, 3.63) is 0 Å². The lowest BCUT2D eigenvalue weighted by molar-refractivity contribution is -0.160. The Morgan fingerprint density at radius 2 is 1.11 bits per heavy atom. The van der Waals surface area contributed by atoms with Crippen molar-refractivity contribution in [2.75, 3.05) is 45.9 Å². The second-order valence-corrected chi connectivity index (χ2v) is 8.18. The van der Waals surface area contributed by atoms with Gasteiger partial charge in [-0.05, 0) is 19.3 Å². The molecule has 0 bridgehead atoms. The Labute approximate surface area is 165 Å². The Morgan fingerprint density at radius 1 is 0.714 bits per heavy atom. The molecule has 3 N–H and O–H groups in total. The summed E-state index contributed by atoms with van der Waals surface area (Å²) in [4.78, 5) is 47.7. The van der Waals surface area contributed by atoms with Crippen molar-refractivity contribution >= 4 is 23.9 Å². The van der Waals surface area contributed by atoms with E-state index in [-0.39, 0.29) is 38.2 Å². The number of ether oxygens (including phenoxy) is 1. The van der Waals surface area contributed by atoms with Gasteiger partial charge < -0.3 is 20.1 Å². The van der Waals surface area contributed by atoms with Gasteiger partial charge in [-0.15, -0.1) is 0 Å². The highest BCUT2D eigenvalue weighted by Crippen LogP contribution is 2.38. The van der Waals surface area contributed by atoms with E-state index in [1.54, 1.807) is 13.8 Å². The molecule has 0 atom stereocenters. The van der Waals surface area contributed by atoms with Gasteiger partial charge in [0.25, 0.3) is 0 Å². The quantitative estimate of drug-likeness (QED) is 0.370. The van der Waals surface area contributed by atoms with E-state index in [2.05, 4.69) is 0 Å². The smallest absolute Gasteiger partial charge is 0.317 e. The van der Waals surface area contributed by atoms with Crippen LogP contribution in [0.5, 0.6) is 0 Å². The third kappa shape index (κ3) is 9.65. The van der Waals surface area contributed by atoms with Gasteiger partial charge in [-0.2, -0.15) is 0 Å².